The molecule has 0 rings (SSSR count). The summed E-state index contributed by atoms with van der Waals surface area (Å²) >= 11 is 0. The Hall–Kier alpha value is -0.883. The van der Waals surface area contributed by atoms with E-state index < -0.39 is 24.5 Å². The van der Waals surface area contributed by atoms with Crippen LogP contribution >= 0.6 is 0 Å². The lowest BCUT2D eigenvalue weighted by Crippen LogP contribution is -2.22. The van der Waals surface area contributed by atoms with E-state index in [2.05, 4.69) is 0 Å². The van der Waals surface area contributed by atoms with Crippen LogP contribution in [0.5, 0.6) is 0 Å². The molecule has 5 nitrogen and oxygen atoms in total. The molecule has 0 aromatic carbocycles. The zero-order valence-corrected chi connectivity index (χ0v) is 5.94. The van der Waals surface area contributed by atoms with Crippen molar-refractivity contribution in [3.05, 3.63) is 0 Å². The van der Waals surface area contributed by atoms with Gasteiger partial charge < -0.3 is 15.3 Å². The second-order valence-corrected chi connectivity index (χ2v) is 1.45. The molecule has 0 aromatic rings. The molecule has 0 aliphatic heterocycles. The molecule has 0 heterocycles. The maximum atomic E-state index is 9.72. The average Bonchev–Trinajstić information content (AvgIpc) is 1.63. The lowest BCUT2D eigenvalue weighted by molar-refractivity contribution is -0.152. The van der Waals surface area contributed by atoms with Gasteiger partial charge in [0.25, 0.3) is 0 Å². The number of carboxylic acids is 2. The van der Waals surface area contributed by atoms with E-state index in [1.165, 1.54) is 0 Å². The smallest absolute Gasteiger partial charge is 0.333 e. The van der Waals surface area contributed by atoms with Crippen LogP contribution < -0.4 is 0 Å². The van der Waals surface area contributed by atoms with Crippen molar-refractivity contribution in [3.63, 3.8) is 0 Å². The predicted octanol–water partition coefficient (Wildman–Crippen LogP) is -1.47. The quantitative estimate of drug-likeness (QED) is 0.440. The van der Waals surface area contributed by atoms with Gasteiger partial charge in [0.05, 0.1) is 6.42 Å². The van der Waals surface area contributed by atoms with Crippen molar-refractivity contribution < 1.29 is 24.9 Å². The minimum atomic E-state index is -1.79. The molecular formula is C4H6O5Si. The van der Waals surface area contributed by atoms with Crippen LogP contribution in [0.4, 0.5) is 0 Å². The maximum absolute atomic E-state index is 9.72. The molecule has 0 spiro atoms. The highest BCUT2D eigenvalue weighted by molar-refractivity contribution is 5.79. The highest BCUT2D eigenvalue weighted by Gasteiger charge is 2.16. The molecule has 0 amide bonds. The van der Waals surface area contributed by atoms with Crippen molar-refractivity contribution in [2.45, 2.75) is 12.5 Å². The first kappa shape index (κ1) is 11.9. The Labute approximate surface area is 61.3 Å². The number of hydrogen-bond donors (Lipinski definition) is 3. The number of aliphatic hydroxyl groups is 1. The standard InChI is InChI=1S/C4H6O5.Si/c5-2(4(8)9)1-3(6)7;/h2,5H,1H2,(H,6,7)(H,8,9);. The second-order valence-electron chi connectivity index (χ2n) is 1.45. The highest BCUT2D eigenvalue weighted by atomic mass is 28.1. The molecule has 0 aromatic heterocycles. The van der Waals surface area contributed by atoms with Crippen LogP contribution in [0.15, 0.2) is 0 Å². The van der Waals surface area contributed by atoms with Gasteiger partial charge in [-0.1, -0.05) is 0 Å². The number of carbonyl (C=O) groups is 2. The monoisotopic (exact) mass is 162 g/mol. The summed E-state index contributed by atoms with van der Waals surface area (Å²) in [6, 6.07) is 0. The van der Waals surface area contributed by atoms with E-state index in [4.69, 9.17) is 15.3 Å². The van der Waals surface area contributed by atoms with Gasteiger partial charge in [0.1, 0.15) is 0 Å². The number of aliphatic carboxylic acids is 2. The van der Waals surface area contributed by atoms with Crippen molar-refractivity contribution in [2.24, 2.45) is 0 Å². The van der Waals surface area contributed by atoms with Crippen LogP contribution in [0.3, 0.4) is 0 Å². The number of hydrogen-bond acceptors (Lipinski definition) is 3. The van der Waals surface area contributed by atoms with Crippen LogP contribution in [0.25, 0.3) is 0 Å². The zero-order valence-electron chi connectivity index (χ0n) is 4.94. The molecule has 0 aliphatic carbocycles. The molecule has 1 unspecified atom stereocenters. The van der Waals surface area contributed by atoms with Gasteiger partial charge in [0, 0.05) is 11.0 Å². The van der Waals surface area contributed by atoms with E-state index >= 15 is 0 Å². The van der Waals surface area contributed by atoms with Gasteiger partial charge in [0.15, 0.2) is 6.10 Å². The minimum absolute atomic E-state index is 0. The average molecular weight is 162 g/mol. The van der Waals surface area contributed by atoms with Gasteiger partial charge in [-0.2, -0.15) is 0 Å². The Kier molecular flexibility index (Phi) is 5.87. The second kappa shape index (κ2) is 4.95. The fourth-order valence-corrected chi connectivity index (χ4v) is 0.253. The molecule has 0 fully saturated rings. The molecule has 10 heavy (non-hydrogen) atoms. The summed E-state index contributed by atoms with van der Waals surface area (Å²) in [5, 5.41) is 24.1. The van der Waals surface area contributed by atoms with Crippen LogP contribution in [0.1, 0.15) is 6.42 Å². The number of rotatable bonds is 3. The Morgan fingerprint density at radius 1 is 1.30 bits per heavy atom. The van der Waals surface area contributed by atoms with Gasteiger partial charge in [-0.05, 0) is 0 Å². The van der Waals surface area contributed by atoms with Gasteiger partial charge in [-0.3, -0.25) is 4.79 Å². The van der Waals surface area contributed by atoms with E-state index in [1.807, 2.05) is 0 Å². The lowest BCUT2D eigenvalue weighted by atomic mass is 10.3. The highest BCUT2D eigenvalue weighted by Crippen LogP contribution is 1.89. The van der Waals surface area contributed by atoms with Crippen LogP contribution in [-0.4, -0.2) is 44.3 Å². The topological polar surface area (TPSA) is 94.8 Å². The summed E-state index contributed by atoms with van der Waals surface area (Å²) < 4.78 is 0. The predicted molar refractivity (Wildman–Crippen MR) is 31.6 cm³/mol. The van der Waals surface area contributed by atoms with Crippen molar-refractivity contribution >= 4 is 22.9 Å². The molecule has 56 valence electrons. The minimum Gasteiger partial charge on any atom is -0.481 e. The fourth-order valence-electron chi connectivity index (χ4n) is 0.253. The summed E-state index contributed by atoms with van der Waals surface area (Å²) in [4.78, 5) is 19.4. The normalized spacial score (nSPS) is 11.3. The molecule has 1 atom stereocenters. The van der Waals surface area contributed by atoms with Gasteiger partial charge in [0.2, 0.25) is 0 Å². The third-order valence-corrected chi connectivity index (χ3v) is 0.653. The third-order valence-electron chi connectivity index (χ3n) is 0.653. The third kappa shape index (κ3) is 5.26. The molecule has 4 radical (unpaired) electrons. The van der Waals surface area contributed by atoms with Crippen molar-refractivity contribution in [1.82, 2.24) is 0 Å². The summed E-state index contributed by atoms with van der Waals surface area (Å²) in [7, 11) is 0. The summed E-state index contributed by atoms with van der Waals surface area (Å²) in [6.45, 7) is 0. The van der Waals surface area contributed by atoms with Gasteiger partial charge >= 0.3 is 11.9 Å². The van der Waals surface area contributed by atoms with Crippen LogP contribution in [0.2, 0.25) is 0 Å². The molecule has 0 saturated heterocycles. The van der Waals surface area contributed by atoms with E-state index in [0.29, 0.717) is 0 Å². The Balaban J connectivity index is 0. The van der Waals surface area contributed by atoms with Crippen molar-refractivity contribution in [1.29, 1.82) is 0 Å². The van der Waals surface area contributed by atoms with Crippen LogP contribution in [-0.2, 0) is 9.59 Å². The van der Waals surface area contributed by atoms with E-state index in [1.54, 1.807) is 0 Å². The Bertz CT molecular complexity index is 134. The molecular weight excluding hydrogens is 156 g/mol. The zero-order chi connectivity index (χ0) is 7.44. The van der Waals surface area contributed by atoms with Gasteiger partial charge in [-0.15, -0.1) is 0 Å². The van der Waals surface area contributed by atoms with E-state index in [9.17, 15) is 9.59 Å². The van der Waals surface area contributed by atoms with E-state index in [0.717, 1.165) is 0 Å². The number of carboxylic acid groups (broad SMARTS) is 2. The first-order valence-corrected chi connectivity index (χ1v) is 2.16. The summed E-state index contributed by atoms with van der Waals surface area (Å²) in [6.07, 6.45) is -2.54. The molecule has 6 heteroatoms. The Morgan fingerprint density at radius 2 is 1.70 bits per heavy atom. The molecule has 3 N–H and O–H groups in total. The summed E-state index contributed by atoms with van der Waals surface area (Å²) in [5.74, 6) is -2.85. The number of aliphatic hydroxyl groups excluding tert-OH is 1. The Morgan fingerprint density at radius 3 is 1.80 bits per heavy atom. The molecule has 0 saturated carbocycles. The van der Waals surface area contributed by atoms with E-state index in [-0.39, 0.29) is 11.0 Å². The first-order valence-electron chi connectivity index (χ1n) is 2.16. The molecule has 0 bridgehead atoms. The van der Waals surface area contributed by atoms with Crippen molar-refractivity contribution in [3.8, 4) is 0 Å². The maximum Gasteiger partial charge on any atom is 0.333 e. The first-order chi connectivity index (χ1) is 4.04. The largest absolute Gasteiger partial charge is 0.481 e. The van der Waals surface area contributed by atoms with Gasteiger partial charge in [-0.25, -0.2) is 4.79 Å². The SMILES string of the molecule is O=C(O)CC(O)C(=O)O.[Si]. The van der Waals surface area contributed by atoms with Crippen LogP contribution in [0, 0.1) is 0 Å². The van der Waals surface area contributed by atoms with Crippen molar-refractivity contribution in [2.75, 3.05) is 0 Å². The lowest BCUT2D eigenvalue weighted by Gasteiger charge is -1.97. The fraction of sp³-hybridized carbons (Fsp3) is 0.500. The summed E-state index contributed by atoms with van der Waals surface area (Å²) in [5.41, 5.74) is 0. The molecule has 0 aliphatic rings.